The molecule has 6 heteroatoms. The van der Waals surface area contributed by atoms with Crippen LogP contribution in [0.2, 0.25) is 0 Å². The molecule has 2 N–H and O–H groups in total. The van der Waals surface area contributed by atoms with Gasteiger partial charge < -0.3 is 10.4 Å². The van der Waals surface area contributed by atoms with Crippen LogP contribution in [-0.4, -0.2) is 31.1 Å². The number of anilines is 1. The molecule has 0 fully saturated rings. The van der Waals surface area contributed by atoms with Crippen molar-refractivity contribution in [3.05, 3.63) is 90.9 Å². The summed E-state index contributed by atoms with van der Waals surface area (Å²) in [5.41, 5.74) is 3.14. The molecule has 0 radical (unpaired) electrons. The fourth-order valence-electron chi connectivity index (χ4n) is 3.04. The summed E-state index contributed by atoms with van der Waals surface area (Å²) < 4.78 is 0. The summed E-state index contributed by atoms with van der Waals surface area (Å²) in [6.45, 7) is 1.92. The number of aliphatic hydroxyl groups excluding tert-OH is 1. The van der Waals surface area contributed by atoms with E-state index in [1.807, 2.05) is 73.7 Å². The second-order valence-electron chi connectivity index (χ2n) is 6.71. The van der Waals surface area contributed by atoms with Gasteiger partial charge in [0.05, 0.1) is 17.8 Å². The minimum atomic E-state index is -0.675. The Hall–Kier alpha value is -3.64. The first-order chi connectivity index (χ1) is 14.2. The molecule has 1 aromatic carbocycles. The minimum absolute atomic E-state index is 0.259. The Morgan fingerprint density at radius 3 is 2.41 bits per heavy atom. The second kappa shape index (κ2) is 8.58. The van der Waals surface area contributed by atoms with Gasteiger partial charge in [-0.25, -0.2) is 9.97 Å². The zero-order valence-corrected chi connectivity index (χ0v) is 16.0. The van der Waals surface area contributed by atoms with Crippen molar-refractivity contribution < 1.29 is 5.11 Å². The van der Waals surface area contributed by atoms with Gasteiger partial charge in [-0.1, -0.05) is 36.4 Å². The van der Waals surface area contributed by atoms with Crippen LogP contribution < -0.4 is 5.32 Å². The van der Waals surface area contributed by atoms with Gasteiger partial charge >= 0.3 is 0 Å². The van der Waals surface area contributed by atoms with E-state index in [-0.39, 0.29) is 6.04 Å². The highest BCUT2D eigenvalue weighted by molar-refractivity contribution is 5.65. The lowest BCUT2D eigenvalue weighted by Crippen LogP contribution is -2.24. The number of benzene rings is 1. The highest BCUT2D eigenvalue weighted by atomic mass is 16.3. The summed E-state index contributed by atoms with van der Waals surface area (Å²) in [6, 6.07) is 20.6. The fourth-order valence-corrected chi connectivity index (χ4v) is 3.04. The van der Waals surface area contributed by atoms with Gasteiger partial charge in [-0.2, -0.15) is 0 Å². The molecule has 0 saturated heterocycles. The van der Waals surface area contributed by atoms with Crippen molar-refractivity contribution in [1.82, 2.24) is 19.9 Å². The van der Waals surface area contributed by atoms with E-state index in [1.54, 1.807) is 18.6 Å². The molecule has 4 rings (SSSR count). The van der Waals surface area contributed by atoms with Crippen molar-refractivity contribution in [1.29, 1.82) is 0 Å². The molecule has 144 valence electrons. The zero-order valence-electron chi connectivity index (χ0n) is 16.0. The Balaban J connectivity index is 1.69. The number of aromatic nitrogens is 4. The van der Waals surface area contributed by atoms with Crippen molar-refractivity contribution in [2.75, 3.05) is 5.32 Å². The first-order valence-corrected chi connectivity index (χ1v) is 9.41. The SMILES string of the molecule is C[C@@H](Nc1cc(-c2cccnc2)nc(-c2ccccn2)n1)[C@H](O)c1ccccc1. The van der Waals surface area contributed by atoms with E-state index in [2.05, 4.69) is 25.3 Å². The average Bonchev–Trinajstić information content (AvgIpc) is 2.80. The number of hydrogen-bond acceptors (Lipinski definition) is 6. The quantitative estimate of drug-likeness (QED) is 0.521. The first-order valence-electron chi connectivity index (χ1n) is 9.41. The van der Waals surface area contributed by atoms with Crippen LogP contribution >= 0.6 is 0 Å². The van der Waals surface area contributed by atoms with Crippen molar-refractivity contribution in [2.24, 2.45) is 0 Å². The minimum Gasteiger partial charge on any atom is -0.386 e. The molecule has 0 bridgehead atoms. The summed E-state index contributed by atoms with van der Waals surface area (Å²) >= 11 is 0. The van der Waals surface area contributed by atoms with Crippen LogP contribution in [0.5, 0.6) is 0 Å². The van der Waals surface area contributed by atoms with Crippen molar-refractivity contribution >= 4 is 5.82 Å². The molecule has 0 aliphatic carbocycles. The predicted molar refractivity (Wildman–Crippen MR) is 113 cm³/mol. The van der Waals surface area contributed by atoms with E-state index in [9.17, 15) is 5.11 Å². The first kappa shape index (κ1) is 18.7. The molecule has 6 nitrogen and oxygen atoms in total. The smallest absolute Gasteiger partial charge is 0.180 e. The van der Waals surface area contributed by atoms with Gasteiger partial charge in [-0.05, 0) is 36.8 Å². The van der Waals surface area contributed by atoms with Crippen LogP contribution in [0.4, 0.5) is 5.82 Å². The molecular weight excluding hydrogens is 362 g/mol. The van der Waals surface area contributed by atoms with E-state index >= 15 is 0 Å². The molecule has 29 heavy (non-hydrogen) atoms. The van der Waals surface area contributed by atoms with Gasteiger partial charge in [0.2, 0.25) is 0 Å². The van der Waals surface area contributed by atoms with Crippen LogP contribution in [0.3, 0.4) is 0 Å². The Bertz CT molecular complexity index is 1000. The number of nitrogens with one attached hydrogen (secondary N) is 1. The number of pyridine rings is 2. The Labute approximate surface area is 169 Å². The standard InChI is InChI=1S/C23H21N5O/c1-16(22(29)17-8-3-2-4-9-17)26-21-14-20(18-10-7-12-24-15-18)27-23(28-21)19-11-5-6-13-25-19/h2-16,22,29H,1H3,(H,26,27,28)/t16-,22+/m1/s1. The lowest BCUT2D eigenvalue weighted by atomic mass is 10.0. The van der Waals surface area contributed by atoms with E-state index in [0.717, 1.165) is 16.8 Å². The van der Waals surface area contributed by atoms with E-state index in [1.165, 1.54) is 0 Å². The monoisotopic (exact) mass is 383 g/mol. The van der Waals surface area contributed by atoms with Crippen LogP contribution in [0.15, 0.2) is 85.3 Å². The molecule has 3 aromatic heterocycles. The lowest BCUT2D eigenvalue weighted by Gasteiger charge is -2.21. The fraction of sp³-hybridized carbons (Fsp3) is 0.130. The normalized spacial score (nSPS) is 12.9. The Kier molecular flexibility index (Phi) is 5.54. The summed E-state index contributed by atoms with van der Waals surface area (Å²) in [4.78, 5) is 17.9. The third kappa shape index (κ3) is 4.44. The average molecular weight is 383 g/mol. The zero-order chi connectivity index (χ0) is 20.1. The van der Waals surface area contributed by atoms with Crippen LogP contribution in [0.25, 0.3) is 22.8 Å². The van der Waals surface area contributed by atoms with Gasteiger partial charge in [0, 0.05) is 30.2 Å². The topological polar surface area (TPSA) is 83.8 Å². The summed E-state index contributed by atoms with van der Waals surface area (Å²) in [5, 5.41) is 14.0. The Morgan fingerprint density at radius 2 is 1.69 bits per heavy atom. The molecular formula is C23H21N5O. The van der Waals surface area contributed by atoms with E-state index in [4.69, 9.17) is 0 Å². The molecule has 0 saturated carbocycles. The maximum Gasteiger partial charge on any atom is 0.180 e. The molecule has 0 amide bonds. The largest absolute Gasteiger partial charge is 0.386 e. The highest BCUT2D eigenvalue weighted by Gasteiger charge is 2.18. The van der Waals surface area contributed by atoms with Crippen LogP contribution in [0.1, 0.15) is 18.6 Å². The number of aliphatic hydroxyl groups is 1. The van der Waals surface area contributed by atoms with Crippen molar-refractivity contribution in [2.45, 2.75) is 19.1 Å². The van der Waals surface area contributed by atoms with Crippen molar-refractivity contribution in [3.63, 3.8) is 0 Å². The van der Waals surface area contributed by atoms with Crippen LogP contribution in [-0.2, 0) is 0 Å². The Morgan fingerprint density at radius 1 is 0.862 bits per heavy atom. The maximum atomic E-state index is 10.7. The molecule has 0 unspecified atom stereocenters. The third-order valence-electron chi connectivity index (χ3n) is 4.57. The van der Waals surface area contributed by atoms with E-state index < -0.39 is 6.10 Å². The molecule has 2 atom stereocenters. The van der Waals surface area contributed by atoms with Gasteiger partial charge in [-0.3, -0.25) is 9.97 Å². The number of rotatable bonds is 6. The molecule has 0 aliphatic rings. The number of nitrogens with zero attached hydrogens (tertiary/aromatic N) is 4. The van der Waals surface area contributed by atoms with Crippen LogP contribution in [0, 0.1) is 0 Å². The molecule has 0 spiro atoms. The number of hydrogen-bond donors (Lipinski definition) is 2. The third-order valence-corrected chi connectivity index (χ3v) is 4.57. The molecule has 4 aromatic rings. The molecule has 0 aliphatic heterocycles. The van der Waals surface area contributed by atoms with Gasteiger partial charge in [0.1, 0.15) is 11.5 Å². The summed E-state index contributed by atoms with van der Waals surface area (Å²) in [5.74, 6) is 1.12. The van der Waals surface area contributed by atoms with Crippen molar-refractivity contribution in [3.8, 4) is 22.8 Å². The highest BCUT2D eigenvalue weighted by Crippen LogP contribution is 2.25. The van der Waals surface area contributed by atoms with Gasteiger partial charge in [0.15, 0.2) is 5.82 Å². The van der Waals surface area contributed by atoms with E-state index in [0.29, 0.717) is 17.3 Å². The summed E-state index contributed by atoms with van der Waals surface area (Å²) in [6.07, 6.45) is 4.52. The van der Waals surface area contributed by atoms with Gasteiger partial charge in [-0.15, -0.1) is 0 Å². The van der Waals surface area contributed by atoms with Gasteiger partial charge in [0.25, 0.3) is 0 Å². The molecule has 3 heterocycles. The predicted octanol–water partition coefficient (Wildman–Crippen LogP) is 4.13. The maximum absolute atomic E-state index is 10.7. The second-order valence-corrected chi connectivity index (χ2v) is 6.71. The lowest BCUT2D eigenvalue weighted by molar-refractivity contribution is 0.160. The summed E-state index contributed by atoms with van der Waals surface area (Å²) in [7, 11) is 0.